The van der Waals surface area contributed by atoms with Crippen LogP contribution in [0.2, 0.25) is 0 Å². The van der Waals surface area contributed by atoms with Crippen molar-refractivity contribution < 1.29 is 0 Å². The highest BCUT2D eigenvalue weighted by Crippen LogP contribution is 2.31. The maximum atomic E-state index is 6.22. The van der Waals surface area contributed by atoms with Gasteiger partial charge in [0.15, 0.2) is 5.82 Å². The minimum atomic E-state index is 0.0887. The molecule has 0 amide bonds. The van der Waals surface area contributed by atoms with Crippen LogP contribution in [0, 0.1) is 0 Å². The van der Waals surface area contributed by atoms with Crippen LogP contribution in [0.1, 0.15) is 46.2 Å². The van der Waals surface area contributed by atoms with E-state index < -0.39 is 0 Å². The molecule has 4 heteroatoms. The summed E-state index contributed by atoms with van der Waals surface area (Å²) < 4.78 is 1.90. The predicted molar refractivity (Wildman–Crippen MR) is 74.4 cm³/mol. The van der Waals surface area contributed by atoms with Gasteiger partial charge in [-0.15, -0.1) is 0 Å². The number of hydrogen-bond donors (Lipinski definition) is 1. The van der Waals surface area contributed by atoms with Crippen LogP contribution in [0.25, 0.3) is 0 Å². The molecule has 0 aromatic carbocycles. The number of nitrogen functional groups attached to an aromatic ring is 1. The number of nitrogens with two attached hydrogens (primary N) is 1. The molecule has 0 atom stereocenters. The van der Waals surface area contributed by atoms with Gasteiger partial charge in [-0.3, -0.25) is 4.68 Å². The quantitative estimate of drug-likeness (QED) is 0.857. The first-order valence-corrected chi connectivity index (χ1v) is 6.40. The molecule has 0 saturated heterocycles. The highest BCUT2D eigenvalue weighted by atomic mass is 15.4. The molecule has 2 N–H and O–H groups in total. The van der Waals surface area contributed by atoms with Gasteiger partial charge in [0, 0.05) is 19.6 Å². The molecule has 1 heterocycles. The van der Waals surface area contributed by atoms with Gasteiger partial charge in [0.25, 0.3) is 0 Å². The number of aryl methyl sites for hydroxylation is 2. The topological polar surface area (TPSA) is 47.1 Å². The first-order valence-electron chi connectivity index (χ1n) is 6.40. The van der Waals surface area contributed by atoms with Crippen LogP contribution in [0.4, 0.5) is 11.5 Å². The number of anilines is 2. The second-order valence-electron chi connectivity index (χ2n) is 5.28. The minimum absolute atomic E-state index is 0.0887. The Bertz CT molecular complexity index is 379. The van der Waals surface area contributed by atoms with Crippen LogP contribution < -0.4 is 10.6 Å². The lowest BCUT2D eigenvalue weighted by molar-refractivity contribution is 0.461. The van der Waals surface area contributed by atoms with Crippen molar-refractivity contribution in [2.75, 3.05) is 17.7 Å². The SMILES string of the molecule is CCCc1nn(C)c(N(C)C(C)(C)CC)c1N. The first-order chi connectivity index (χ1) is 7.85. The standard InChI is InChI=1S/C13H26N4/c1-7-9-10-11(14)12(17(6)15-10)16(5)13(3,4)8-2/h7-9,14H2,1-6H3. The van der Waals surface area contributed by atoms with Crippen LogP contribution in [0.3, 0.4) is 0 Å². The zero-order valence-corrected chi connectivity index (χ0v) is 12.0. The van der Waals surface area contributed by atoms with E-state index in [1.807, 2.05) is 11.7 Å². The smallest absolute Gasteiger partial charge is 0.150 e. The largest absolute Gasteiger partial charge is 0.394 e. The normalized spacial score (nSPS) is 11.9. The molecule has 0 fully saturated rings. The molecule has 0 aliphatic carbocycles. The summed E-state index contributed by atoms with van der Waals surface area (Å²) in [7, 11) is 4.06. The Balaban J connectivity index is 3.14. The van der Waals surface area contributed by atoms with E-state index in [0.29, 0.717) is 0 Å². The lowest BCUT2D eigenvalue weighted by Gasteiger charge is -2.36. The fourth-order valence-electron chi connectivity index (χ4n) is 1.93. The molecular formula is C13H26N4. The summed E-state index contributed by atoms with van der Waals surface area (Å²) in [5, 5.41) is 4.52. The maximum Gasteiger partial charge on any atom is 0.150 e. The summed E-state index contributed by atoms with van der Waals surface area (Å²) in [6.45, 7) is 8.78. The zero-order chi connectivity index (χ0) is 13.2. The maximum absolute atomic E-state index is 6.22. The van der Waals surface area contributed by atoms with Gasteiger partial charge in [-0.25, -0.2) is 0 Å². The monoisotopic (exact) mass is 238 g/mol. The lowest BCUT2D eigenvalue weighted by atomic mass is 10.00. The second kappa shape index (κ2) is 4.98. The summed E-state index contributed by atoms with van der Waals surface area (Å²) in [6.07, 6.45) is 3.08. The van der Waals surface area contributed by atoms with E-state index >= 15 is 0 Å². The van der Waals surface area contributed by atoms with Crippen molar-refractivity contribution in [2.24, 2.45) is 7.05 Å². The second-order valence-corrected chi connectivity index (χ2v) is 5.28. The zero-order valence-electron chi connectivity index (χ0n) is 12.0. The highest BCUT2D eigenvalue weighted by Gasteiger charge is 2.26. The summed E-state index contributed by atoms with van der Waals surface area (Å²) >= 11 is 0. The number of nitrogens with zero attached hydrogens (tertiary/aromatic N) is 3. The summed E-state index contributed by atoms with van der Waals surface area (Å²) in [5.41, 5.74) is 8.16. The Hall–Kier alpha value is -1.19. The summed E-state index contributed by atoms with van der Waals surface area (Å²) in [5.74, 6) is 1.03. The van der Waals surface area contributed by atoms with E-state index in [0.717, 1.165) is 36.5 Å². The van der Waals surface area contributed by atoms with Gasteiger partial charge in [-0.2, -0.15) is 5.10 Å². The molecule has 17 heavy (non-hydrogen) atoms. The molecule has 0 spiro atoms. The fraction of sp³-hybridized carbons (Fsp3) is 0.769. The molecule has 0 aliphatic rings. The Morgan fingerprint density at radius 1 is 1.35 bits per heavy atom. The van der Waals surface area contributed by atoms with Crippen molar-refractivity contribution in [1.29, 1.82) is 0 Å². The summed E-state index contributed by atoms with van der Waals surface area (Å²) in [6, 6.07) is 0. The van der Waals surface area contributed by atoms with Crippen molar-refractivity contribution in [1.82, 2.24) is 9.78 Å². The molecule has 4 nitrogen and oxygen atoms in total. The van der Waals surface area contributed by atoms with Crippen molar-refractivity contribution in [2.45, 2.75) is 52.5 Å². The average molecular weight is 238 g/mol. The van der Waals surface area contributed by atoms with Gasteiger partial charge in [-0.1, -0.05) is 20.3 Å². The molecule has 0 bridgehead atoms. The van der Waals surface area contributed by atoms with Crippen molar-refractivity contribution in [3.63, 3.8) is 0 Å². The van der Waals surface area contributed by atoms with Crippen LogP contribution in [0.15, 0.2) is 0 Å². The average Bonchev–Trinajstić information content (AvgIpc) is 2.54. The third-order valence-electron chi connectivity index (χ3n) is 3.71. The Morgan fingerprint density at radius 2 is 1.94 bits per heavy atom. The fourth-order valence-corrected chi connectivity index (χ4v) is 1.93. The van der Waals surface area contributed by atoms with Gasteiger partial charge in [-0.05, 0) is 26.7 Å². The number of rotatable bonds is 5. The third-order valence-corrected chi connectivity index (χ3v) is 3.71. The van der Waals surface area contributed by atoms with Gasteiger partial charge < -0.3 is 10.6 Å². The predicted octanol–water partition coefficient (Wildman–Crippen LogP) is 2.58. The van der Waals surface area contributed by atoms with E-state index in [4.69, 9.17) is 5.73 Å². The molecule has 0 unspecified atom stereocenters. The molecule has 1 rings (SSSR count). The highest BCUT2D eigenvalue weighted by molar-refractivity contribution is 5.67. The van der Waals surface area contributed by atoms with Gasteiger partial charge in [0.05, 0.1) is 11.4 Å². The van der Waals surface area contributed by atoms with Crippen LogP contribution in [-0.4, -0.2) is 22.4 Å². The van der Waals surface area contributed by atoms with Gasteiger partial charge in [0.2, 0.25) is 0 Å². The minimum Gasteiger partial charge on any atom is -0.394 e. The summed E-state index contributed by atoms with van der Waals surface area (Å²) in [4.78, 5) is 2.23. The third kappa shape index (κ3) is 2.56. The van der Waals surface area contributed by atoms with Crippen LogP contribution >= 0.6 is 0 Å². The van der Waals surface area contributed by atoms with Crippen molar-refractivity contribution in [3.8, 4) is 0 Å². The van der Waals surface area contributed by atoms with Crippen molar-refractivity contribution in [3.05, 3.63) is 5.69 Å². The van der Waals surface area contributed by atoms with Gasteiger partial charge >= 0.3 is 0 Å². The molecule has 0 saturated carbocycles. The molecule has 1 aromatic heterocycles. The van der Waals surface area contributed by atoms with Crippen LogP contribution in [-0.2, 0) is 13.5 Å². The molecular weight excluding hydrogens is 212 g/mol. The Labute approximate surface area is 105 Å². The lowest BCUT2D eigenvalue weighted by Crippen LogP contribution is -2.41. The van der Waals surface area contributed by atoms with E-state index in [1.165, 1.54) is 0 Å². The van der Waals surface area contributed by atoms with E-state index in [-0.39, 0.29) is 5.54 Å². The van der Waals surface area contributed by atoms with Crippen molar-refractivity contribution >= 4 is 11.5 Å². The Morgan fingerprint density at radius 3 is 2.41 bits per heavy atom. The van der Waals surface area contributed by atoms with Gasteiger partial charge in [0.1, 0.15) is 0 Å². The molecule has 1 aromatic rings. The van der Waals surface area contributed by atoms with E-state index in [9.17, 15) is 0 Å². The first kappa shape index (κ1) is 13.9. The molecule has 0 radical (unpaired) electrons. The Kier molecular flexibility index (Phi) is 4.07. The number of hydrogen-bond acceptors (Lipinski definition) is 3. The molecule has 98 valence electrons. The molecule has 0 aliphatic heterocycles. The van der Waals surface area contributed by atoms with E-state index in [2.05, 4.69) is 44.7 Å². The van der Waals surface area contributed by atoms with E-state index in [1.54, 1.807) is 0 Å². The number of aromatic nitrogens is 2. The van der Waals surface area contributed by atoms with Crippen LogP contribution in [0.5, 0.6) is 0 Å².